The summed E-state index contributed by atoms with van der Waals surface area (Å²) in [6, 6.07) is 17.5. The Balaban J connectivity index is 2.07. The highest BCUT2D eigenvalue weighted by Crippen LogP contribution is 2.37. The van der Waals surface area contributed by atoms with Crippen LogP contribution < -0.4 is 15.8 Å². The molecule has 8 nitrogen and oxygen atoms in total. The lowest BCUT2D eigenvalue weighted by atomic mass is 10.1. The number of carbonyl (C=O) groups is 3. The predicted octanol–water partition coefficient (Wildman–Crippen LogP) is 5.48. The zero-order valence-electron chi connectivity index (χ0n) is 17.6. The van der Waals surface area contributed by atoms with Crippen molar-refractivity contribution in [1.29, 1.82) is 0 Å². The van der Waals surface area contributed by atoms with E-state index in [-0.39, 0.29) is 19.1 Å². The number of rotatable bonds is 5. The van der Waals surface area contributed by atoms with Gasteiger partial charge in [0.15, 0.2) is 0 Å². The first-order valence-corrected chi connectivity index (χ1v) is 10.7. The van der Waals surface area contributed by atoms with E-state index >= 15 is 0 Å². The lowest BCUT2D eigenvalue weighted by molar-refractivity contribution is 0.102. The minimum atomic E-state index is -0.804. The van der Waals surface area contributed by atoms with Crippen LogP contribution in [0.15, 0.2) is 65.1 Å². The van der Waals surface area contributed by atoms with Gasteiger partial charge in [-0.25, -0.2) is 15.0 Å². The van der Waals surface area contributed by atoms with Crippen LogP contribution in [0.1, 0.15) is 24.2 Å². The molecule has 32 heavy (non-hydrogen) atoms. The standard InChI is InChI=1S/C23H22BrN3O5/c1-3-31-22(29)26-27(23(30)32-4-2)19-14-13-18(16-11-8-12-17(24)20(16)19)25-21(28)15-9-6-5-7-10-15/h5-14H,3-4H2,1-2H3,(H,25,28)(H,26,29). The molecule has 0 radical (unpaired) electrons. The normalized spacial score (nSPS) is 10.3. The average Bonchev–Trinajstić information content (AvgIpc) is 2.79. The van der Waals surface area contributed by atoms with Crippen molar-refractivity contribution in [2.75, 3.05) is 23.5 Å². The summed E-state index contributed by atoms with van der Waals surface area (Å²) < 4.78 is 10.7. The summed E-state index contributed by atoms with van der Waals surface area (Å²) in [4.78, 5) is 37.4. The minimum Gasteiger partial charge on any atom is -0.449 e. The summed E-state index contributed by atoms with van der Waals surface area (Å²) in [6.07, 6.45) is -1.58. The van der Waals surface area contributed by atoms with Gasteiger partial charge in [0, 0.05) is 26.5 Å². The second-order valence-electron chi connectivity index (χ2n) is 6.48. The van der Waals surface area contributed by atoms with E-state index in [0.29, 0.717) is 32.2 Å². The Hall–Kier alpha value is -3.59. The molecule has 0 aromatic heterocycles. The van der Waals surface area contributed by atoms with Crippen LogP contribution in [0, 0.1) is 0 Å². The van der Waals surface area contributed by atoms with Crippen LogP contribution >= 0.6 is 15.9 Å². The van der Waals surface area contributed by atoms with Gasteiger partial charge < -0.3 is 14.8 Å². The van der Waals surface area contributed by atoms with E-state index in [2.05, 4.69) is 26.7 Å². The van der Waals surface area contributed by atoms with Gasteiger partial charge in [0.25, 0.3) is 5.91 Å². The number of hydrazine groups is 1. The average molecular weight is 500 g/mol. The van der Waals surface area contributed by atoms with Gasteiger partial charge in [0.1, 0.15) is 0 Å². The summed E-state index contributed by atoms with van der Waals surface area (Å²) in [7, 11) is 0. The van der Waals surface area contributed by atoms with Gasteiger partial charge in [-0.15, -0.1) is 0 Å². The third kappa shape index (κ3) is 5.17. The van der Waals surface area contributed by atoms with Crippen molar-refractivity contribution < 1.29 is 23.9 Å². The van der Waals surface area contributed by atoms with Gasteiger partial charge in [-0.05, 0) is 44.2 Å². The predicted molar refractivity (Wildman–Crippen MR) is 126 cm³/mol. The van der Waals surface area contributed by atoms with Crippen LogP contribution in [-0.2, 0) is 9.47 Å². The lowest BCUT2D eigenvalue weighted by Gasteiger charge is -2.24. The fourth-order valence-corrected chi connectivity index (χ4v) is 3.64. The maximum absolute atomic E-state index is 12.7. The Morgan fingerprint density at radius 2 is 1.62 bits per heavy atom. The number of halogens is 1. The molecule has 0 bridgehead atoms. The van der Waals surface area contributed by atoms with E-state index in [4.69, 9.17) is 9.47 Å². The smallest absolute Gasteiger partial charge is 0.433 e. The molecule has 2 N–H and O–H groups in total. The van der Waals surface area contributed by atoms with Crippen LogP contribution in [-0.4, -0.2) is 31.3 Å². The van der Waals surface area contributed by atoms with E-state index < -0.39 is 12.2 Å². The quantitative estimate of drug-likeness (QED) is 0.453. The first-order valence-electron chi connectivity index (χ1n) is 9.94. The molecule has 0 unspecified atom stereocenters. The fourth-order valence-electron chi connectivity index (χ4n) is 3.07. The molecule has 0 heterocycles. The number of carbonyl (C=O) groups excluding carboxylic acids is 3. The molecule has 0 fully saturated rings. The summed E-state index contributed by atoms with van der Waals surface area (Å²) in [5, 5.41) is 5.13. The second kappa shape index (κ2) is 10.6. The molecule has 3 amide bonds. The van der Waals surface area contributed by atoms with E-state index in [1.165, 1.54) is 0 Å². The number of hydrogen-bond acceptors (Lipinski definition) is 5. The number of nitrogens with one attached hydrogen (secondary N) is 2. The fraction of sp³-hybridized carbons (Fsp3) is 0.174. The van der Waals surface area contributed by atoms with Gasteiger partial charge in [-0.1, -0.05) is 46.3 Å². The monoisotopic (exact) mass is 499 g/mol. The number of amides is 3. The Morgan fingerprint density at radius 3 is 2.31 bits per heavy atom. The Labute approximate surface area is 193 Å². The molecule has 0 atom stereocenters. The topological polar surface area (TPSA) is 97.0 Å². The highest BCUT2D eigenvalue weighted by Gasteiger charge is 2.24. The molecule has 0 aliphatic carbocycles. The molecular formula is C23H22BrN3O5. The van der Waals surface area contributed by atoms with Crippen molar-refractivity contribution in [2.24, 2.45) is 0 Å². The molecule has 0 spiro atoms. The van der Waals surface area contributed by atoms with Crippen LogP contribution in [0.5, 0.6) is 0 Å². The lowest BCUT2D eigenvalue weighted by Crippen LogP contribution is -2.47. The Kier molecular flexibility index (Phi) is 7.67. The molecule has 0 aliphatic rings. The van der Waals surface area contributed by atoms with Gasteiger partial charge in [0.2, 0.25) is 0 Å². The number of anilines is 2. The van der Waals surface area contributed by atoms with Crippen molar-refractivity contribution in [3.8, 4) is 0 Å². The summed E-state index contributed by atoms with van der Waals surface area (Å²) in [5.41, 5.74) is 3.81. The van der Waals surface area contributed by atoms with E-state index in [0.717, 1.165) is 5.01 Å². The van der Waals surface area contributed by atoms with Gasteiger partial charge >= 0.3 is 12.2 Å². The zero-order chi connectivity index (χ0) is 23.1. The maximum atomic E-state index is 12.7. The molecule has 3 aromatic carbocycles. The van der Waals surface area contributed by atoms with Crippen LogP contribution in [0.4, 0.5) is 21.0 Å². The molecule has 0 aliphatic heterocycles. The third-order valence-corrected chi connectivity index (χ3v) is 5.08. The third-order valence-electron chi connectivity index (χ3n) is 4.42. The number of nitrogens with zero attached hydrogens (tertiary/aromatic N) is 1. The number of fused-ring (bicyclic) bond motifs is 1. The SMILES string of the molecule is CCOC(=O)NN(C(=O)OCC)c1ccc(NC(=O)c2ccccc2)c2cccc(Br)c12. The van der Waals surface area contributed by atoms with E-state index in [9.17, 15) is 14.4 Å². The maximum Gasteiger partial charge on any atom is 0.433 e. The highest BCUT2D eigenvalue weighted by atomic mass is 79.9. The summed E-state index contributed by atoms with van der Waals surface area (Å²) in [5.74, 6) is -0.272. The largest absolute Gasteiger partial charge is 0.449 e. The van der Waals surface area contributed by atoms with Gasteiger partial charge in [-0.2, -0.15) is 5.01 Å². The first-order chi connectivity index (χ1) is 15.5. The minimum absolute atomic E-state index is 0.115. The van der Waals surface area contributed by atoms with Crippen LogP contribution in [0.3, 0.4) is 0 Å². The van der Waals surface area contributed by atoms with Crippen molar-refractivity contribution in [3.05, 3.63) is 70.7 Å². The van der Waals surface area contributed by atoms with Crippen molar-refractivity contribution in [1.82, 2.24) is 5.43 Å². The van der Waals surface area contributed by atoms with E-state index in [1.807, 2.05) is 12.1 Å². The molecule has 3 aromatic rings. The van der Waals surface area contributed by atoms with Crippen LogP contribution in [0.2, 0.25) is 0 Å². The van der Waals surface area contributed by atoms with Crippen molar-refractivity contribution in [3.63, 3.8) is 0 Å². The summed E-state index contributed by atoms with van der Waals surface area (Å²) >= 11 is 3.51. The number of hydrogen-bond donors (Lipinski definition) is 2. The van der Waals surface area contributed by atoms with Crippen LogP contribution in [0.25, 0.3) is 10.8 Å². The van der Waals surface area contributed by atoms with Gasteiger partial charge in [0.05, 0.1) is 18.9 Å². The van der Waals surface area contributed by atoms with Crippen molar-refractivity contribution in [2.45, 2.75) is 13.8 Å². The molecule has 0 saturated heterocycles. The van der Waals surface area contributed by atoms with Gasteiger partial charge in [-0.3, -0.25) is 4.79 Å². The number of benzene rings is 3. The zero-order valence-corrected chi connectivity index (χ0v) is 19.1. The molecule has 9 heteroatoms. The van der Waals surface area contributed by atoms with E-state index in [1.54, 1.807) is 62.4 Å². The molecule has 3 rings (SSSR count). The highest BCUT2D eigenvalue weighted by molar-refractivity contribution is 9.10. The Morgan fingerprint density at radius 1 is 0.906 bits per heavy atom. The van der Waals surface area contributed by atoms with Crippen molar-refractivity contribution >= 4 is 56.2 Å². The first kappa shape index (κ1) is 23.1. The number of ether oxygens (including phenoxy) is 2. The molecule has 0 saturated carbocycles. The second-order valence-corrected chi connectivity index (χ2v) is 7.34. The molecular weight excluding hydrogens is 478 g/mol. The molecule has 166 valence electrons. The summed E-state index contributed by atoms with van der Waals surface area (Å²) in [6.45, 7) is 3.57. The Bertz CT molecular complexity index is 1140.